The van der Waals surface area contributed by atoms with Crippen molar-refractivity contribution in [2.75, 3.05) is 37.5 Å². The lowest BCUT2D eigenvalue weighted by Crippen LogP contribution is -2.42. The van der Waals surface area contributed by atoms with Crippen LogP contribution in [-0.2, 0) is 11.3 Å². The number of anilines is 2. The van der Waals surface area contributed by atoms with Gasteiger partial charge in [-0.25, -0.2) is 9.97 Å². The van der Waals surface area contributed by atoms with E-state index in [-0.39, 0.29) is 6.61 Å². The van der Waals surface area contributed by atoms with E-state index in [0.29, 0.717) is 25.0 Å². The minimum Gasteiger partial charge on any atom is -0.395 e. The summed E-state index contributed by atoms with van der Waals surface area (Å²) in [6.07, 6.45) is 3.58. The highest BCUT2D eigenvalue weighted by Gasteiger charge is 2.26. The van der Waals surface area contributed by atoms with Crippen LogP contribution >= 0.6 is 0 Å². The van der Waals surface area contributed by atoms with Gasteiger partial charge < -0.3 is 20.1 Å². The number of aliphatic hydroxyl groups excluding tert-OH is 1. The number of aromatic nitrogens is 2. The molecule has 6 heteroatoms. The Kier molecular flexibility index (Phi) is 4.93. The Morgan fingerprint density at radius 3 is 2.79 bits per heavy atom. The number of ether oxygens (including phenoxy) is 1. The van der Waals surface area contributed by atoms with Gasteiger partial charge in [-0.1, -0.05) is 0 Å². The Balaban J connectivity index is 2.25. The number of methoxy groups -OCH3 is 1. The molecule has 0 aliphatic heterocycles. The summed E-state index contributed by atoms with van der Waals surface area (Å²) in [4.78, 5) is 11.1. The van der Waals surface area contributed by atoms with E-state index in [1.54, 1.807) is 7.11 Å². The van der Waals surface area contributed by atoms with Crippen LogP contribution < -0.4 is 10.2 Å². The second-order valence-electron chi connectivity index (χ2n) is 4.71. The summed E-state index contributed by atoms with van der Waals surface area (Å²) in [5.74, 6) is 2.30. The van der Waals surface area contributed by atoms with Gasteiger partial charge in [-0.15, -0.1) is 0 Å². The quantitative estimate of drug-likeness (QED) is 0.767. The predicted molar refractivity (Wildman–Crippen MR) is 74.4 cm³/mol. The smallest absolute Gasteiger partial charge is 0.158 e. The van der Waals surface area contributed by atoms with Gasteiger partial charge in [0.1, 0.15) is 18.2 Å². The van der Waals surface area contributed by atoms with Gasteiger partial charge in [-0.2, -0.15) is 0 Å². The highest BCUT2D eigenvalue weighted by atomic mass is 16.5. The van der Waals surface area contributed by atoms with E-state index in [4.69, 9.17) is 4.74 Å². The fourth-order valence-electron chi connectivity index (χ4n) is 2.24. The van der Waals surface area contributed by atoms with Gasteiger partial charge in [-0.3, -0.25) is 0 Å². The molecule has 2 rings (SSSR count). The van der Waals surface area contributed by atoms with Crippen molar-refractivity contribution in [1.82, 2.24) is 9.97 Å². The third-order valence-electron chi connectivity index (χ3n) is 3.44. The van der Waals surface area contributed by atoms with Crippen molar-refractivity contribution >= 4 is 11.6 Å². The van der Waals surface area contributed by atoms with Crippen molar-refractivity contribution in [1.29, 1.82) is 0 Å². The molecule has 1 saturated carbocycles. The fourth-order valence-corrected chi connectivity index (χ4v) is 2.24. The molecule has 106 valence electrons. The predicted octanol–water partition coefficient (Wildman–Crippen LogP) is 1.02. The summed E-state index contributed by atoms with van der Waals surface area (Å²) >= 11 is 0. The summed E-state index contributed by atoms with van der Waals surface area (Å²) in [5, 5.41) is 12.3. The summed E-state index contributed by atoms with van der Waals surface area (Å²) < 4.78 is 5.10. The van der Waals surface area contributed by atoms with Gasteiger partial charge in [0.25, 0.3) is 0 Å². The van der Waals surface area contributed by atoms with E-state index < -0.39 is 0 Å². The van der Waals surface area contributed by atoms with Crippen LogP contribution in [-0.4, -0.2) is 48.4 Å². The van der Waals surface area contributed by atoms with Crippen molar-refractivity contribution in [2.45, 2.75) is 31.9 Å². The molecule has 1 aliphatic carbocycles. The second-order valence-corrected chi connectivity index (χ2v) is 4.71. The molecule has 1 heterocycles. The largest absolute Gasteiger partial charge is 0.395 e. The van der Waals surface area contributed by atoms with Gasteiger partial charge in [0, 0.05) is 32.8 Å². The zero-order valence-corrected chi connectivity index (χ0v) is 11.6. The van der Waals surface area contributed by atoms with Crippen LogP contribution in [0.5, 0.6) is 0 Å². The Hall–Kier alpha value is -1.40. The number of nitrogens with zero attached hydrogens (tertiary/aromatic N) is 3. The zero-order chi connectivity index (χ0) is 13.7. The molecule has 0 atom stereocenters. The Bertz CT molecular complexity index is 410. The van der Waals surface area contributed by atoms with Crippen molar-refractivity contribution in [3.63, 3.8) is 0 Å². The van der Waals surface area contributed by atoms with E-state index in [1.807, 2.05) is 13.1 Å². The van der Waals surface area contributed by atoms with E-state index in [0.717, 1.165) is 11.6 Å². The highest BCUT2D eigenvalue weighted by molar-refractivity contribution is 5.50. The molecule has 0 radical (unpaired) electrons. The second kappa shape index (κ2) is 6.68. The number of hydrogen-bond acceptors (Lipinski definition) is 6. The average molecular weight is 266 g/mol. The molecule has 1 aromatic rings. The number of nitrogens with one attached hydrogen (secondary N) is 1. The minimum atomic E-state index is 0.134. The summed E-state index contributed by atoms with van der Waals surface area (Å²) in [6, 6.07) is 2.41. The van der Waals surface area contributed by atoms with Gasteiger partial charge in [0.2, 0.25) is 0 Å². The van der Waals surface area contributed by atoms with Crippen molar-refractivity contribution in [3.8, 4) is 0 Å². The Morgan fingerprint density at radius 2 is 2.26 bits per heavy atom. The first-order valence-electron chi connectivity index (χ1n) is 6.70. The molecule has 0 bridgehead atoms. The molecule has 0 spiro atoms. The van der Waals surface area contributed by atoms with Gasteiger partial charge in [0.05, 0.1) is 6.61 Å². The summed E-state index contributed by atoms with van der Waals surface area (Å²) in [6.45, 7) is 1.13. The normalized spacial score (nSPS) is 15.1. The average Bonchev–Trinajstić information content (AvgIpc) is 2.36. The van der Waals surface area contributed by atoms with Crippen LogP contribution in [0.3, 0.4) is 0 Å². The SMILES string of the molecule is CNc1cc(N(CCO)C2CCC2)nc(COC)n1. The maximum Gasteiger partial charge on any atom is 0.158 e. The first-order valence-corrected chi connectivity index (χ1v) is 6.70. The third-order valence-corrected chi connectivity index (χ3v) is 3.44. The molecule has 2 N–H and O–H groups in total. The molecule has 1 aromatic heterocycles. The molecule has 19 heavy (non-hydrogen) atoms. The minimum absolute atomic E-state index is 0.134. The van der Waals surface area contributed by atoms with E-state index in [9.17, 15) is 5.11 Å². The topological polar surface area (TPSA) is 70.5 Å². The summed E-state index contributed by atoms with van der Waals surface area (Å²) in [5.41, 5.74) is 0. The fraction of sp³-hybridized carbons (Fsp3) is 0.692. The van der Waals surface area contributed by atoms with Crippen LogP contribution in [0.25, 0.3) is 0 Å². The molecule has 0 saturated heterocycles. The molecule has 1 aliphatic rings. The number of aliphatic hydroxyl groups is 1. The molecular formula is C13H22N4O2. The number of hydrogen-bond donors (Lipinski definition) is 2. The van der Waals surface area contributed by atoms with Crippen molar-refractivity contribution in [3.05, 3.63) is 11.9 Å². The van der Waals surface area contributed by atoms with E-state index >= 15 is 0 Å². The van der Waals surface area contributed by atoms with Gasteiger partial charge in [-0.05, 0) is 19.3 Å². The first-order chi connectivity index (χ1) is 9.28. The lowest BCUT2D eigenvalue weighted by molar-refractivity contribution is 0.178. The third kappa shape index (κ3) is 3.33. The van der Waals surface area contributed by atoms with Crippen molar-refractivity contribution < 1.29 is 9.84 Å². The molecule has 1 fully saturated rings. The highest BCUT2D eigenvalue weighted by Crippen LogP contribution is 2.29. The molecule has 0 unspecified atom stereocenters. The Morgan fingerprint density at radius 1 is 1.47 bits per heavy atom. The Labute approximate surface area is 113 Å². The van der Waals surface area contributed by atoms with E-state index in [2.05, 4.69) is 20.2 Å². The van der Waals surface area contributed by atoms with Crippen LogP contribution in [0.2, 0.25) is 0 Å². The first kappa shape index (κ1) is 14.0. The molecule has 0 amide bonds. The maximum atomic E-state index is 9.24. The standard InChI is InChI=1S/C13H22N4O2/c1-14-11-8-13(16-12(15-11)9-19-2)17(6-7-18)10-4-3-5-10/h8,10,18H,3-7,9H2,1-2H3,(H,14,15,16). The van der Waals surface area contributed by atoms with E-state index in [1.165, 1.54) is 19.3 Å². The monoisotopic (exact) mass is 266 g/mol. The lowest BCUT2D eigenvalue weighted by Gasteiger charge is -2.38. The molecule has 6 nitrogen and oxygen atoms in total. The zero-order valence-electron chi connectivity index (χ0n) is 11.6. The number of rotatable bonds is 7. The van der Waals surface area contributed by atoms with Crippen LogP contribution in [0.1, 0.15) is 25.1 Å². The van der Waals surface area contributed by atoms with Crippen LogP contribution in [0.15, 0.2) is 6.07 Å². The molecular weight excluding hydrogens is 244 g/mol. The van der Waals surface area contributed by atoms with Gasteiger partial charge >= 0.3 is 0 Å². The molecule has 0 aromatic carbocycles. The lowest BCUT2D eigenvalue weighted by atomic mass is 9.91. The summed E-state index contributed by atoms with van der Waals surface area (Å²) in [7, 11) is 3.47. The maximum absolute atomic E-state index is 9.24. The van der Waals surface area contributed by atoms with Crippen LogP contribution in [0, 0.1) is 0 Å². The van der Waals surface area contributed by atoms with Gasteiger partial charge in [0.15, 0.2) is 5.82 Å². The van der Waals surface area contributed by atoms with Crippen LogP contribution in [0.4, 0.5) is 11.6 Å². The van der Waals surface area contributed by atoms with Crippen molar-refractivity contribution in [2.24, 2.45) is 0 Å².